The van der Waals surface area contributed by atoms with Crippen LogP contribution in [0.5, 0.6) is 0 Å². The highest BCUT2D eigenvalue weighted by atomic mass is 27.0. The minimum absolute atomic E-state index is 0.00364. The molecular weight excluding hydrogens is 267 g/mol. The van der Waals surface area contributed by atoms with Gasteiger partial charge in [-0.25, -0.2) is 13.6 Å². The Labute approximate surface area is 122 Å². The number of nitrogens with zero attached hydrogens (tertiary/aromatic N) is 1. The van der Waals surface area contributed by atoms with Crippen molar-refractivity contribution in [1.29, 1.82) is 0 Å². The average molecular weight is 291 g/mol. The van der Waals surface area contributed by atoms with Gasteiger partial charge in [0.15, 0.2) is 4.78 Å². The summed E-state index contributed by atoms with van der Waals surface area (Å²) < 4.78 is 31.0. The number of amides is 1. The smallest absolute Gasteiger partial charge is 0.410 e. The van der Waals surface area contributed by atoms with Gasteiger partial charge in [0.25, 0.3) is 0 Å². The maximum Gasteiger partial charge on any atom is 0.410 e. The summed E-state index contributed by atoms with van der Waals surface area (Å²) in [7, 11) is 0. The van der Waals surface area contributed by atoms with E-state index in [1.54, 1.807) is 4.90 Å². The minimum atomic E-state index is -2.44. The van der Waals surface area contributed by atoms with E-state index in [-0.39, 0.29) is 28.8 Å². The van der Waals surface area contributed by atoms with E-state index in [1.165, 1.54) is 0 Å². The van der Waals surface area contributed by atoms with Crippen LogP contribution in [0.4, 0.5) is 13.6 Å². The summed E-state index contributed by atoms with van der Waals surface area (Å²) in [6, 6.07) is 0. The van der Waals surface area contributed by atoms with Crippen LogP contribution in [0.3, 0.4) is 0 Å². The minimum Gasteiger partial charge on any atom is -0.444 e. The first-order valence-corrected chi connectivity index (χ1v) is 7.92. The van der Waals surface area contributed by atoms with Crippen molar-refractivity contribution in [2.45, 2.75) is 56.8 Å². The van der Waals surface area contributed by atoms with Gasteiger partial charge in [-0.1, -0.05) is 0 Å². The van der Waals surface area contributed by atoms with Crippen LogP contribution in [-0.4, -0.2) is 50.8 Å². The zero-order valence-corrected chi connectivity index (χ0v) is 14.3. The predicted octanol–water partition coefficient (Wildman–Crippen LogP) is 2.64. The number of carbonyl (C=O) groups excluding carboxylic acids is 1. The molecular formula is C13H24AlF2NO2. The Bertz CT molecular complexity index is 305. The second-order valence-electron chi connectivity index (χ2n) is 6.52. The highest BCUT2D eigenvalue weighted by molar-refractivity contribution is 6.13. The predicted molar refractivity (Wildman–Crippen MR) is 73.3 cm³/mol. The Morgan fingerprint density at radius 2 is 1.84 bits per heavy atom. The third-order valence-corrected chi connectivity index (χ3v) is 3.76. The van der Waals surface area contributed by atoms with E-state index < -0.39 is 10.4 Å². The Kier molecular flexibility index (Phi) is 5.64. The number of carbonyl (C=O) groups is 1. The highest BCUT2D eigenvalue weighted by Crippen LogP contribution is 2.27. The number of hydrogen-bond acceptors (Lipinski definition) is 2. The van der Waals surface area contributed by atoms with E-state index in [1.807, 2.05) is 20.8 Å². The monoisotopic (exact) mass is 291 g/mol. The molecule has 1 amide bonds. The van der Waals surface area contributed by atoms with E-state index in [0.29, 0.717) is 25.4 Å². The molecule has 1 aliphatic heterocycles. The van der Waals surface area contributed by atoms with Crippen LogP contribution in [0.15, 0.2) is 0 Å². The van der Waals surface area contributed by atoms with Gasteiger partial charge >= 0.3 is 22.4 Å². The van der Waals surface area contributed by atoms with Gasteiger partial charge in [-0.2, -0.15) is 0 Å². The van der Waals surface area contributed by atoms with Crippen LogP contribution in [0.1, 0.15) is 46.5 Å². The van der Waals surface area contributed by atoms with E-state index in [2.05, 4.69) is 0 Å². The van der Waals surface area contributed by atoms with Gasteiger partial charge < -0.3 is 9.64 Å². The summed E-state index contributed by atoms with van der Waals surface area (Å²) in [5, 5.41) is 0. The molecule has 0 aromatic heterocycles. The highest BCUT2D eigenvalue weighted by Gasteiger charge is 2.28. The lowest BCUT2D eigenvalue weighted by Gasteiger charge is -2.33. The van der Waals surface area contributed by atoms with Crippen LogP contribution < -0.4 is 0 Å². The Morgan fingerprint density at radius 3 is 2.26 bits per heavy atom. The third-order valence-electron chi connectivity index (χ3n) is 3.26. The summed E-state index contributed by atoms with van der Waals surface area (Å²) in [5.41, 5.74) is -0.483. The van der Waals surface area contributed by atoms with Gasteiger partial charge in [-0.15, -0.1) is 0 Å². The van der Waals surface area contributed by atoms with E-state index in [9.17, 15) is 13.6 Å². The van der Waals surface area contributed by atoms with Gasteiger partial charge in [-0.05, 0) is 52.4 Å². The molecule has 110 valence electrons. The molecule has 0 N–H and O–H groups in total. The zero-order chi connectivity index (χ0) is 14.7. The van der Waals surface area contributed by atoms with Crippen molar-refractivity contribution in [3.63, 3.8) is 0 Å². The van der Waals surface area contributed by atoms with Gasteiger partial charge in [0.1, 0.15) is 5.60 Å². The summed E-state index contributed by atoms with van der Waals surface area (Å²) in [6.07, 6.45) is 1.88. The number of likely N-dealkylation sites (tertiary alicyclic amines) is 1. The number of alkyl halides is 2. The van der Waals surface area contributed by atoms with E-state index in [4.69, 9.17) is 4.74 Å². The van der Waals surface area contributed by atoms with E-state index >= 15 is 0 Å². The number of piperidine rings is 1. The van der Waals surface area contributed by atoms with Crippen LogP contribution in [0.2, 0.25) is 0 Å². The normalized spacial score (nSPS) is 18.5. The second-order valence-corrected chi connectivity index (χ2v) is 7.98. The number of halogens is 2. The third kappa shape index (κ3) is 7.12. The molecule has 0 spiro atoms. The van der Waals surface area contributed by atoms with Gasteiger partial charge in [0, 0.05) is 13.1 Å². The zero-order valence-electron chi connectivity index (χ0n) is 12.3. The van der Waals surface area contributed by atoms with Crippen molar-refractivity contribution >= 4 is 22.4 Å². The summed E-state index contributed by atoms with van der Waals surface area (Å²) >= 11 is -0.0718. The van der Waals surface area contributed by atoms with E-state index in [0.717, 1.165) is 12.8 Å². The lowest BCUT2D eigenvalue weighted by molar-refractivity contribution is 0.0161. The lowest BCUT2D eigenvalue weighted by atomic mass is 9.92. The van der Waals surface area contributed by atoms with Crippen LogP contribution in [0.25, 0.3) is 0 Å². The number of rotatable bonds is 3. The SMILES string of the molecule is CC(C)(C)OC(=O)N1CCC(CC[C](F)(F)[AlH2])CC1. The van der Waals surface area contributed by atoms with Crippen molar-refractivity contribution in [2.75, 3.05) is 13.1 Å². The summed E-state index contributed by atoms with van der Waals surface area (Å²) in [4.78, 5) is 11.1. The maximum atomic E-state index is 12.8. The molecule has 0 atom stereocenters. The van der Waals surface area contributed by atoms with Gasteiger partial charge in [0.2, 0.25) is 0 Å². The first-order valence-electron chi connectivity index (χ1n) is 6.92. The Morgan fingerprint density at radius 1 is 1.32 bits per heavy atom. The van der Waals surface area contributed by atoms with Crippen LogP contribution >= 0.6 is 0 Å². The molecule has 0 unspecified atom stereocenters. The van der Waals surface area contributed by atoms with Crippen LogP contribution in [0, 0.1) is 5.92 Å². The molecule has 1 saturated heterocycles. The van der Waals surface area contributed by atoms with Crippen molar-refractivity contribution in [1.82, 2.24) is 4.90 Å². The van der Waals surface area contributed by atoms with Crippen molar-refractivity contribution in [2.24, 2.45) is 5.92 Å². The fourth-order valence-electron chi connectivity index (χ4n) is 2.19. The molecule has 1 heterocycles. The first kappa shape index (κ1) is 16.7. The molecule has 1 rings (SSSR count). The Hall–Kier alpha value is -0.338. The molecule has 0 saturated carbocycles. The van der Waals surface area contributed by atoms with Crippen LogP contribution in [-0.2, 0) is 4.74 Å². The number of ether oxygens (including phenoxy) is 1. The largest absolute Gasteiger partial charge is 0.444 e. The van der Waals surface area contributed by atoms with Crippen molar-refractivity contribution < 1.29 is 18.3 Å². The molecule has 0 aromatic carbocycles. The maximum absolute atomic E-state index is 12.8. The topological polar surface area (TPSA) is 29.5 Å². The van der Waals surface area contributed by atoms with Crippen molar-refractivity contribution in [3.8, 4) is 0 Å². The first-order chi connectivity index (χ1) is 8.57. The fourth-order valence-corrected chi connectivity index (χ4v) is 2.48. The molecule has 0 bridgehead atoms. The second kappa shape index (κ2) is 6.41. The molecule has 3 nitrogen and oxygen atoms in total. The standard InChI is InChI=1S/C13H22F2NO2.Al.2H/c1-13(2,3)18-12(17)16-8-6-10(7-9-16)4-5-11(14)15;;;/h10H,4-9H2,1-3H3;;;. The van der Waals surface area contributed by atoms with Crippen molar-refractivity contribution in [3.05, 3.63) is 0 Å². The molecule has 6 heteroatoms. The molecule has 1 fully saturated rings. The molecule has 19 heavy (non-hydrogen) atoms. The summed E-state index contributed by atoms with van der Waals surface area (Å²) in [6.45, 7) is 6.75. The Balaban J connectivity index is 2.31. The van der Waals surface area contributed by atoms with Gasteiger partial charge in [0.05, 0.1) is 0 Å². The quantitative estimate of drug-likeness (QED) is 0.748. The molecule has 0 aliphatic carbocycles. The lowest BCUT2D eigenvalue weighted by Crippen LogP contribution is -2.41. The number of hydrogen-bond donors (Lipinski definition) is 0. The average Bonchev–Trinajstić information content (AvgIpc) is 2.23. The summed E-state index contributed by atoms with van der Waals surface area (Å²) in [5.74, 6) is 0.318. The fraction of sp³-hybridized carbons (Fsp3) is 0.923. The van der Waals surface area contributed by atoms with Gasteiger partial charge in [-0.3, -0.25) is 0 Å². The molecule has 1 aliphatic rings. The molecule has 0 aromatic rings. The molecule has 0 radical (unpaired) electrons.